The molecule has 0 radical (unpaired) electrons. The summed E-state index contributed by atoms with van der Waals surface area (Å²) in [4.78, 5) is 6.96. The maximum Gasteiger partial charge on any atom is 0.128 e. The van der Waals surface area contributed by atoms with Gasteiger partial charge in [0.15, 0.2) is 0 Å². The normalized spacial score (nSPS) is 16.5. The Balaban J connectivity index is 1.92. The van der Waals surface area contributed by atoms with Crippen LogP contribution in [0.2, 0.25) is 0 Å². The summed E-state index contributed by atoms with van der Waals surface area (Å²) in [7, 11) is 0. The van der Waals surface area contributed by atoms with Gasteiger partial charge in [0.05, 0.1) is 0 Å². The summed E-state index contributed by atoms with van der Waals surface area (Å²) in [6, 6.07) is 4.87. The van der Waals surface area contributed by atoms with Crippen molar-refractivity contribution >= 4 is 5.82 Å². The van der Waals surface area contributed by atoms with Crippen LogP contribution in [0, 0.1) is 0 Å². The topological polar surface area (TPSA) is 28.2 Å². The van der Waals surface area contributed by atoms with Gasteiger partial charge in [-0.2, -0.15) is 0 Å². The number of rotatable bonds is 4. The first kappa shape index (κ1) is 12.4. The maximum atomic E-state index is 4.57. The zero-order chi connectivity index (χ0) is 12.1. The molecule has 1 aliphatic rings. The average Bonchev–Trinajstić information content (AvgIpc) is 2.38. The molecule has 1 aliphatic heterocycles. The van der Waals surface area contributed by atoms with Gasteiger partial charge in [0.2, 0.25) is 0 Å². The SMILES string of the molecule is CC(C)NCc1ccc(N2CCCCC2)nc1. The quantitative estimate of drug-likeness (QED) is 0.866. The molecule has 1 aromatic heterocycles. The van der Waals surface area contributed by atoms with Gasteiger partial charge in [-0.15, -0.1) is 0 Å². The van der Waals surface area contributed by atoms with Crippen LogP contribution < -0.4 is 10.2 Å². The first-order chi connectivity index (χ1) is 8.25. The van der Waals surface area contributed by atoms with Crippen LogP contribution in [-0.2, 0) is 6.54 Å². The van der Waals surface area contributed by atoms with Gasteiger partial charge in [-0.3, -0.25) is 0 Å². The molecule has 1 fully saturated rings. The zero-order valence-corrected chi connectivity index (χ0v) is 10.9. The molecule has 1 saturated heterocycles. The fourth-order valence-electron chi connectivity index (χ4n) is 2.15. The number of piperidine rings is 1. The maximum absolute atomic E-state index is 4.57. The van der Waals surface area contributed by atoms with Gasteiger partial charge in [-0.1, -0.05) is 19.9 Å². The van der Waals surface area contributed by atoms with E-state index in [9.17, 15) is 0 Å². The third kappa shape index (κ3) is 3.70. The molecular formula is C14H23N3. The lowest BCUT2D eigenvalue weighted by atomic mass is 10.1. The fraction of sp³-hybridized carbons (Fsp3) is 0.643. The molecule has 0 aliphatic carbocycles. The predicted octanol–water partition coefficient (Wildman–Crippen LogP) is 2.57. The molecule has 1 N–H and O–H groups in total. The Labute approximate surface area is 104 Å². The first-order valence-electron chi connectivity index (χ1n) is 6.69. The molecule has 0 saturated carbocycles. The zero-order valence-electron chi connectivity index (χ0n) is 10.9. The van der Waals surface area contributed by atoms with Crippen LogP contribution >= 0.6 is 0 Å². The van der Waals surface area contributed by atoms with Crippen molar-refractivity contribution in [1.29, 1.82) is 0 Å². The van der Waals surface area contributed by atoms with Gasteiger partial charge in [0.1, 0.15) is 5.82 Å². The standard InChI is InChI=1S/C14H23N3/c1-12(2)15-10-13-6-7-14(16-11-13)17-8-4-3-5-9-17/h6-7,11-12,15H,3-5,8-10H2,1-2H3. The molecule has 1 aromatic rings. The van der Waals surface area contributed by atoms with Gasteiger partial charge < -0.3 is 10.2 Å². The van der Waals surface area contributed by atoms with Gasteiger partial charge in [0, 0.05) is 31.9 Å². The minimum absolute atomic E-state index is 0.525. The van der Waals surface area contributed by atoms with Crippen molar-refractivity contribution < 1.29 is 0 Å². The van der Waals surface area contributed by atoms with Crippen LogP contribution in [0.15, 0.2) is 18.3 Å². The summed E-state index contributed by atoms with van der Waals surface area (Å²) in [5, 5.41) is 3.41. The van der Waals surface area contributed by atoms with E-state index in [0.29, 0.717) is 6.04 Å². The molecule has 17 heavy (non-hydrogen) atoms. The van der Waals surface area contributed by atoms with E-state index < -0.39 is 0 Å². The van der Waals surface area contributed by atoms with Crippen LogP contribution in [0.1, 0.15) is 38.7 Å². The van der Waals surface area contributed by atoms with Crippen LogP contribution in [0.3, 0.4) is 0 Å². The monoisotopic (exact) mass is 233 g/mol. The van der Waals surface area contributed by atoms with Gasteiger partial charge in [-0.25, -0.2) is 4.98 Å². The van der Waals surface area contributed by atoms with E-state index >= 15 is 0 Å². The van der Waals surface area contributed by atoms with Crippen LogP contribution in [0.5, 0.6) is 0 Å². The summed E-state index contributed by atoms with van der Waals surface area (Å²) in [6.07, 6.45) is 5.98. The second kappa shape index (κ2) is 6.01. The third-order valence-corrected chi connectivity index (χ3v) is 3.20. The molecule has 0 aromatic carbocycles. The molecule has 3 heteroatoms. The van der Waals surface area contributed by atoms with E-state index in [2.05, 4.69) is 41.2 Å². The summed E-state index contributed by atoms with van der Waals surface area (Å²) >= 11 is 0. The molecule has 2 heterocycles. The molecule has 0 atom stereocenters. The Bertz CT molecular complexity index is 326. The van der Waals surface area contributed by atoms with Crippen molar-refractivity contribution in [2.45, 2.75) is 45.7 Å². The lowest BCUT2D eigenvalue weighted by Gasteiger charge is -2.27. The second-order valence-electron chi connectivity index (χ2n) is 5.11. The molecule has 0 amide bonds. The summed E-state index contributed by atoms with van der Waals surface area (Å²) in [5.41, 5.74) is 1.26. The van der Waals surface area contributed by atoms with Crippen LogP contribution in [0.25, 0.3) is 0 Å². The van der Waals surface area contributed by atoms with E-state index in [0.717, 1.165) is 25.5 Å². The molecule has 0 unspecified atom stereocenters. The van der Waals surface area contributed by atoms with Crippen LogP contribution in [0.4, 0.5) is 5.82 Å². The van der Waals surface area contributed by atoms with Crippen LogP contribution in [-0.4, -0.2) is 24.1 Å². The van der Waals surface area contributed by atoms with Crippen molar-refractivity contribution in [3.8, 4) is 0 Å². The molecular weight excluding hydrogens is 210 g/mol. The smallest absolute Gasteiger partial charge is 0.128 e. The highest BCUT2D eigenvalue weighted by Gasteiger charge is 2.11. The van der Waals surface area contributed by atoms with Gasteiger partial charge >= 0.3 is 0 Å². The Morgan fingerprint density at radius 3 is 2.59 bits per heavy atom. The number of anilines is 1. The highest BCUT2D eigenvalue weighted by molar-refractivity contribution is 5.39. The Kier molecular flexibility index (Phi) is 4.37. The largest absolute Gasteiger partial charge is 0.357 e. The highest BCUT2D eigenvalue weighted by atomic mass is 15.2. The number of hydrogen-bond donors (Lipinski definition) is 1. The van der Waals surface area contributed by atoms with Gasteiger partial charge in [0.25, 0.3) is 0 Å². The lowest BCUT2D eigenvalue weighted by Crippen LogP contribution is -2.30. The number of nitrogens with zero attached hydrogens (tertiary/aromatic N) is 2. The van der Waals surface area contributed by atoms with Crippen molar-refractivity contribution in [3.63, 3.8) is 0 Å². The van der Waals surface area contributed by atoms with Gasteiger partial charge in [-0.05, 0) is 30.9 Å². The lowest BCUT2D eigenvalue weighted by molar-refractivity contribution is 0.572. The number of hydrogen-bond acceptors (Lipinski definition) is 3. The van der Waals surface area contributed by atoms with Crippen molar-refractivity contribution in [2.75, 3.05) is 18.0 Å². The summed E-state index contributed by atoms with van der Waals surface area (Å²) in [5.74, 6) is 1.14. The summed E-state index contributed by atoms with van der Waals surface area (Å²) < 4.78 is 0. The highest BCUT2D eigenvalue weighted by Crippen LogP contribution is 2.17. The second-order valence-corrected chi connectivity index (χ2v) is 5.11. The molecule has 0 bridgehead atoms. The third-order valence-electron chi connectivity index (χ3n) is 3.20. The van der Waals surface area contributed by atoms with Crippen molar-refractivity contribution in [2.24, 2.45) is 0 Å². The Morgan fingerprint density at radius 2 is 2.00 bits per heavy atom. The van der Waals surface area contributed by atoms with E-state index in [1.807, 2.05) is 6.20 Å². The molecule has 0 spiro atoms. The van der Waals surface area contributed by atoms with E-state index in [-0.39, 0.29) is 0 Å². The minimum atomic E-state index is 0.525. The predicted molar refractivity (Wildman–Crippen MR) is 72.3 cm³/mol. The number of nitrogens with one attached hydrogen (secondary N) is 1. The molecule has 2 rings (SSSR count). The van der Waals surface area contributed by atoms with E-state index in [4.69, 9.17) is 0 Å². The van der Waals surface area contributed by atoms with E-state index in [1.54, 1.807) is 0 Å². The number of pyridine rings is 1. The Hall–Kier alpha value is -1.09. The number of aromatic nitrogens is 1. The first-order valence-corrected chi connectivity index (χ1v) is 6.69. The van der Waals surface area contributed by atoms with Crippen molar-refractivity contribution in [3.05, 3.63) is 23.9 Å². The van der Waals surface area contributed by atoms with Crippen molar-refractivity contribution in [1.82, 2.24) is 10.3 Å². The molecule has 94 valence electrons. The average molecular weight is 233 g/mol. The molecule has 3 nitrogen and oxygen atoms in total. The minimum Gasteiger partial charge on any atom is -0.357 e. The van der Waals surface area contributed by atoms with E-state index in [1.165, 1.54) is 24.8 Å². The fourth-order valence-corrected chi connectivity index (χ4v) is 2.15. The Morgan fingerprint density at radius 1 is 1.24 bits per heavy atom. The summed E-state index contributed by atoms with van der Waals surface area (Å²) in [6.45, 7) is 7.56.